The lowest BCUT2D eigenvalue weighted by Crippen LogP contribution is -2.56. The highest BCUT2D eigenvalue weighted by Gasteiger charge is 2.26. The minimum Gasteiger partial charge on any atom is -0.508 e. The highest BCUT2D eigenvalue weighted by atomic mass is 16.3. The zero-order valence-corrected chi connectivity index (χ0v) is 13.9. The second kappa shape index (κ2) is 6.48. The number of rotatable bonds is 4. The van der Waals surface area contributed by atoms with Crippen molar-refractivity contribution in [3.63, 3.8) is 0 Å². The molecule has 0 spiro atoms. The lowest BCUT2D eigenvalue weighted by molar-refractivity contribution is -0.125. The van der Waals surface area contributed by atoms with Crippen LogP contribution < -0.4 is 10.6 Å². The van der Waals surface area contributed by atoms with Crippen molar-refractivity contribution < 1.29 is 9.90 Å². The van der Waals surface area contributed by atoms with Crippen LogP contribution in [0.25, 0.3) is 0 Å². The lowest BCUT2D eigenvalue weighted by Gasteiger charge is -2.31. The van der Waals surface area contributed by atoms with E-state index in [1.807, 2.05) is 53.7 Å². The number of nitrogens with one attached hydrogen (secondary N) is 2. The molecule has 0 heterocycles. The second-order valence-corrected chi connectivity index (χ2v) is 7.56. The number of aromatic hydroxyl groups is 1. The third kappa shape index (κ3) is 7.14. The monoisotopic (exact) mass is 292 g/mol. The Balaban J connectivity index is 2.86. The summed E-state index contributed by atoms with van der Waals surface area (Å²) in [5.41, 5.74) is 0.597. The van der Waals surface area contributed by atoms with Crippen molar-refractivity contribution in [2.45, 2.75) is 65.1 Å². The molecule has 4 nitrogen and oxygen atoms in total. The summed E-state index contributed by atoms with van der Waals surface area (Å²) in [4.78, 5) is 12.5. The first-order chi connectivity index (χ1) is 9.46. The van der Waals surface area contributed by atoms with Crippen LogP contribution in [-0.2, 0) is 11.2 Å². The molecule has 0 saturated carbocycles. The van der Waals surface area contributed by atoms with Crippen molar-refractivity contribution in [1.82, 2.24) is 10.6 Å². The summed E-state index contributed by atoms with van der Waals surface area (Å²) >= 11 is 0. The minimum atomic E-state index is -0.311. The average Bonchev–Trinajstić information content (AvgIpc) is 2.27. The molecule has 1 amide bonds. The SMILES string of the molecule is CC(C)(C)NC(=O)[C@H](Cc1ccc(O)cc1)NC(C)(C)C. The van der Waals surface area contributed by atoms with Gasteiger partial charge in [-0.15, -0.1) is 0 Å². The first-order valence-electron chi connectivity index (χ1n) is 7.34. The van der Waals surface area contributed by atoms with Crippen molar-refractivity contribution in [2.24, 2.45) is 0 Å². The number of phenolic OH excluding ortho intramolecular Hbond substituents is 1. The number of carbonyl (C=O) groups excluding carboxylic acids is 1. The van der Waals surface area contributed by atoms with Gasteiger partial charge in [-0.3, -0.25) is 4.79 Å². The third-order valence-electron chi connectivity index (χ3n) is 2.80. The van der Waals surface area contributed by atoms with Crippen LogP contribution >= 0.6 is 0 Å². The standard InChI is InChI=1S/C17H28N2O2/c1-16(2,3)18-14(15(21)19-17(4,5)6)11-12-7-9-13(20)10-8-12/h7-10,14,18,20H,11H2,1-6H3,(H,19,21)/t14-/m0/s1. The van der Waals surface area contributed by atoms with Gasteiger partial charge < -0.3 is 15.7 Å². The van der Waals surface area contributed by atoms with Crippen molar-refractivity contribution in [2.75, 3.05) is 0 Å². The Hall–Kier alpha value is -1.55. The lowest BCUT2D eigenvalue weighted by atomic mass is 9.99. The third-order valence-corrected chi connectivity index (χ3v) is 2.80. The summed E-state index contributed by atoms with van der Waals surface area (Å²) in [6.07, 6.45) is 0.583. The van der Waals surface area contributed by atoms with E-state index < -0.39 is 0 Å². The second-order valence-electron chi connectivity index (χ2n) is 7.56. The molecule has 1 atom stereocenters. The zero-order chi connectivity index (χ0) is 16.3. The van der Waals surface area contributed by atoms with Gasteiger partial charge in [0.1, 0.15) is 5.75 Å². The maximum absolute atomic E-state index is 12.5. The summed E-state index contributed by atoms with van der Waals surface area (Å²) in [7, 11) is 0. The smallest absolute Gasteiger partial charge is 0.237 e. The van der Waals surface area contributed by atoms with Gasteiger partial charge in [0, 0.05) is 11.1 Å². The Morgan fingerprint density at radius 1 is 1.05 bits per heavy atom. The minimum absolute atomic E-state index is 0.00880. The van der Waals surface area contributed by atoms with Gasteiger partial charge in [-0.1, -0.05) is 12.1 Å². The molecule has 118 valence electrons. The number of hydrogen-bond donors (Lipinski definition) is 3. The molecule has 0 aliphatic rings. The Kier molecular flexibility index (Phi) is 5.40. The summed E-state index contributed by atoms with van der Waals surface area (Å²) in [5.74, 6) is 0.226. The fraction of sp³-hybridized carbons (Fsp3) is 0.588. The predicted molar refractivity (Wildman–Crippen MR) is 86.4 cm³/mol. The summed E-state index contributed by atoms with van der Waals surface area (Å²) in [5, 5.41) is 15.7. The fourth-order valence-electron chi connectivity index (χ4n) is 2.06. The van der Waals surface area contributed by atoms with Crippen LogP contribution in [0.2, 0.25) is 0 Å². The van der Waals surface area contributed by atoms with Crippen LogP contribution in [0.4, 0.5) is 0 Å². The molecule has 0 radical (unpaired) electrons. The molecule has 0 bridgehead atoms. The van der Waals surface area contributed by atoms with Crippen molar-refractivity contribution in [3.8, 4) is 5.75 Å². The van der Waals surface area contributed by atoms with E-state index in [0.717, 1.165) is 5.56 Å². The van der Waals surface area contributed by atoms with Crippen LogP contribution in [0.3, 0.4) is 0 Å². The molecule has 21 heavy (non-hydrogen) atoms. The van der Waals surface area contributed by atoms with Gasteiger partial charge in [0.25, 0.3) is 0 Å². The molecule has 0 aliphatic carbocycles. The van der Waals surface area contributed by atoms with Crippen LogP contribution in [0, 0.1) is 0 Å². The molecular formula is C17H28N2O2. The van der Waals surface area contributed by atoms with E-state index in [-0.39, 0.29) is 28.8 Å². The van der Waals surface area contributed by atoms with Gasteiger partial charge in [-0.2, -0.15) is 0 Å². The number of carbonyl (C=O) groups is 1. The maximum Gasteiger partial charge on any atom is 0.237 e. The summed E-state index contributed by atoms with van der Waals surface area (Å²) < 4.78 is 0. The van der Waals surface area contributed by atoms with Crippen LogP contribution in [0.15, 0.2) is 24.3 Å². The highest BCUT2D eigenvalue weighted by Crippen LogP contribution is 2.13. The maximum atomic E-state index is 12.5. The number of amides is 1. The Bertz CT molecular complexity index is 467. The van der Waals surface area contributed by atoms with Crippen LogP contribution in [0.5, 0.6) is 5.75 Å². The Labute approximate surface area is 128 Å². The molecule has 4 heteroatoms. The van der Waals surface area contributed by atoms with Gasteiger partial charge in [0.05, 0.1) is 6.04 Å². The van der Waals surface area contributed by atoms with Crippen LogP contribution in [-0.4, -0.2) is 28.1 Å². The predicted octanol–water partition coefficient (Wildman–Crippen LogP) is 2.61. The largest absolute Gasteiger partial charge is 0.508 e. The van der Waals surface area contributed by atoms with Gasteiger partial charge in [-0.25, -0.2) is 0 Å². The van der Waals surface area contributed by atoms with Crippen molar-refractivity contribution >= 4 is 5.91 Å². The normalized spacial score (nSPS) is 13.8. The van der Waals surface area contributed by atoms with Gasteiger partial charge >= 0.3 is 0 Å². The van der Waals surface area contributed by atoms with E-state index >= 15 is 0 Å². The average molecular weight is 292 g/mol. The molecule has 1 rings (SSSR count). The van der Waals surface area contributed by atoms with E-state index in [1.165, 1.54) is 0 Å². The number of hydrogen-bond acceptors (Lipinski definition) is 3. The summed E-state index contributed by atoms with van der Waals surface area (Å²) in [6, 6.07) is 6.67. The first kappa shape index (κ1) is 17.5. The molecular weight excluding hydrogens is 264 g/mol. The highest BCUT2D eigenvalue weighted by molar-refractivity contribution is 5.82. The van der Waals surface area contributed by atoms with Crippen LogP contribution in [0.1, 0.15) is 47.1 Å². The van der Waals surface area contributed by atoms with Gasteiger partial charge in [-0.05, 0) is 65.7 Å². The quantitative estimate of drug-likeness (QED) is 0.799. The molecule has 0 saturated heterocycles. The van der Waals surface area contributed by atoms with Crippen molar-refractivity contribution in [3.05, 3.63) is 29.8 Å². The molecule has 0 aliphatic heterocycles. The Morgan fingerprint density at radius 3 is 2.00 bits per heavy atom. The molecule has 0 unspecified atom stereocenters. The summed E-state index contributed by atoms with van der Waals surface area (Å²) in [6.45, 7) is 12.0. The van der Waals surface area contributed by atoms with Gasteiger partial charge in [0.15, 0.2) is 0 Å². The fourth-order valence-corrected chi connectivity index (χ4v) is 2.06. The van der Waals surface area contributed by atoms with E-state index in [9.17, 15) is 9.90 Å². The van der Waals surface area contributed by atoms with E-state index in [2.05, 4.69) is 10.6 Å². The van der Waals surface area contributed by atoms with E-state index in [0.29, 0.717) is 6.42 Å². The Morgan fingerprint density at radius 2 is 1.57 bits per heavy atom. The first-order valence-corrected chi connectivity index (χ1v) is 7.34. The van der Waals surface area contributed by atoms with Crippen molar-refractivity contribution in [1.29, 1.82) is 0 Å². The van der Waals surface area contributed by atoms with Gasteiger partial charge in [0.2, 0.25) is 5.91 Å². The topological polar surface area (TPSA) is 61.4 Å². The molecule has 3 N–H and O–H groups in total. The van der Waals surface area contributed by atoms with E-state index in [4.69, 9.17) is 0 Å². The number of phenols is 1. The molecule has 0 aromatic heterocycles. The van der Waals surface area contributed by atoms with E-state index in [1.54, 1.807) is 12.1 Å². The molecule has 1 aromatic rings. The zero-order valence-electron chi connectivity index (χ0n) is 13.9. The molecule has 1 aromatic carbocycles. The molecule has 0 fully saturated rings. The number of benzene rings is 1.